The van der Waals surface area contributed by atoms with Crippen molar-refractivity contribution in [3.63, 3.8) is 0 Å². The van der Waals surface area contributed by atoms with Crippen LogP contribution < -0.4 is 16.1 Å². The second-order valence-electron chi connectivity index (χ2n) is 8.13. The van der Waals surface area contributed by atoms with E-state index < -0.39 is 47.0 Å². The third-order valence-electron chi connectivity index (χ3n) is 5.85. The van der Waals surface area contributed by atoms with Crippen LogP contribution in [0.3, 0.4) is 0 Å². The molecule has 0 spiro atoms. The summed E-state index contributed by atoms with van der Waals surface area (Å²) in [4.78, 5) is 42.6. The van der Waals surface area contributed by atoms with Crippen LogP contribution in [-0.4, -0.2) is 28.7 Å². The second kappa shape index (κ2) is 10.1. The van der Waals surface area contributed by atoms with Gasteiger partial charge in [0.1, 0.15) is 23.8 Å². The fraction of sp³-hybridized carbons (Fsp3) is 0.231. The highest BCUT2D eigenvalue weighted by atomic mass is 19.1. The summed E-state index contributed by atoms with van der Waals surface area (Å²) in [6.45, 7) is 2.93. The number of nitrogens with zero attached hydrogens (tertiary/aromatic N) is 2. The first-order valence-corrected chi connectivity index (χ1v) is 11.0. The van der Waals surface area contributed by atoms with Crippen molar-refractivity contribution in [2.45, 2.75) is 31.9 Å². The first-order valence-electron chi connectivity index (χ1n) is 11.0. The quantitative estimate of drug-likeness (QED) is 0.357. The van der Waals surface area contributed by atoms with Crippen LogP contribution in [0.5, 0.6) is 5.75 Å². The van der Waals surface area contributed by atoms with Crippen LogP contribution >= 0.6 is 0 Å². The van der Waals surface area contributed by atoms with Crippen molar-refractivity contribution in [1.29, 1.82) is 0 Å². The predicted molar refractivity (Wildman–Crippen MR) is 126 cm³/mol. The van der Waals surface area contributed by atoms with Gasteiger partial charge in [-0.1, -0.05) is 24.3 Å². The van der Waals surface area contributed by atoms with Crippen LogP contribution in [0, 0.1) is 11.6 Å². The van der Waals surface area contributed by atoms with Gasteiger partial charge in [0.15, 0.2) is 11.3 Å². The summed E-state index contributed by atoms with van der Waals surface area (Å²) in [5.41, 5.74) is 0.0835. The van der Waals surface area contributed by atoms with Gasteiger partial charge in [-0.25, -0.2) is 27.9 Å². The summed E-state index contributed by atoms with van der Waals surface area (Å²) in [6.07, 6.45) is 0.478. The number of esters is 1. The van der Waals surface area contributed by atoms with Gasteiger partial charge in [-0.3, -0.25) is 4.79 Å². The van der Waals surface area contributed by atoms with E-state index in [1.807, 2.05) is 0 Å². The molecule has 0 aliphatic carbocycles. The highest BCUT2D eigenvalue weighted by Gasteiger charge is 2.30. The number of benzene rings is 2. The minimum absolute atomic E-state index is 0.132. The first-order chi connectivity index (χ1) is 17.2. The smallest absolute Gasteiger partial charge is 0.423 e. The van der Waals surface area contributed by atoms with Crippen molar-refractivity contribution in [2.24, 2.45) is 0 Å². The van der Waals surface area contributed by atoms with Crippen LogP contribution in [0.4, 0.5) is 8.78 Å². The Balaban J connectivity index is 1.67. The SMILES string of the molecule is COc1ccnc2c(=O)n([C@H](C)C(=O)O[C@@H](C)C(c3ccc(F)cc3)c3ccc(F)cc3)c(=O)oc12. The van der Waals surface area contributed by atoms with E-state index in [0.717, 1.165) is 0 Å². The molecule has 36 heavy (non-hydrogen) atoms. The molecule has 0 bridgehead atoms. The number of carbonyl (C=O) groups is 1. The summed E-state index contributed by atoms with van der Waals surface area (Å²) in [5, 5.41) is 0. The molecule has 2 aromatic heterocycles. The van der Waals surface area contributed by atoms with Crippen molar-refractivity contribution < 1.29 is 27.5 Å². The minimum atomic E-state index is -1.35. The molecular weight excluding hydrogens is 474 g/mol. The number of ether oxygens (including phenoxy) is 2. The summed E-state index contributed by atoms with van der Waals surface area (Å²) in [7, 11) is 1.35. The molecule has 0 fully saturated rings. The molecule has 0 saturated carbocycles. The molecule has 0 saturated heterocycles. The molecule has 0 amide bonds. The van der Waals surface area contributed by atoms with E-state index in [4.69, 9.17) is 13.9 Å². The lowest BCUT2D eigenvalue weighted by molar-refractivity contribution is -0.152. The van der Waals surface area contributed by atoms with Crippen LogP contribution in [-0.2, 0) is 9.53 Å². The molecule has 4 rings (SSSR count). The third kappa shape index (κ3) is 4.74. The second-order valence-corrected chi connectivity index (χ2v) is 8.13. The fourth-order valence-electron chi connectivity index (χ4n) is 4.04. The molecule has 0 aliphatic heterocycles. The number of fused-ring (bicyclic) bond motifs is 1. The van der Waals surface area contributed by atoms with E-state index in [9.17, 15) is 23.2 Å². The largest absolute Gasteiger partial charge is 0.493 e. The molecule has 0 radical (unpaired) electrons. The zero-order valence-electron chi connectivity index (χ0n) is 19.6. The van der Waals surface area contributed by atoms with Crippen molar-refractivity contribution in [3.05, 3.63) is 104 Å². The van der Waals surface area contributed by atoms with Crippen molar-refractivity contribution in [1.82, 2.24) is 9.55 Å². The van der Waals surface area contributed by atoms with Crippen molar-refractivity contribution in [2.75, 3.05) is 7.11 Å². The standard InChI is InChI=1S/C26H22F2N2O6/c1-14(30-24(31)22-23(36-26(30)33)20(34-3)12-13-29-22)25(32)35-15(2)21(16-4-8-18(27)9-5-16)17-6-10-19(28)11-7-17/h4-15,21H,1-3H3/t14-,15+/m1/s1. The number of aromatic nitrogens is 2. The highest BCUT2D eigenvalue weighted by Crippen LogP contribution is 2.31. The first kappa shape index (κ1) is 24.8. The average molecular weight is 496 g/mol. The number of hydrogen-bond acceptors (Lipinski definition) is 7. The Morgan fingerprint density at radius 1 is 0.944 bits per heavy atom. The highest BCUT2D eigenvalue weighted by molar-refractivity contribution is 5.78. The van der Waals surface area contributed by atoms with Gasteiger partial charge in [-0.15, -0.1) is 0 Å². The number of carbonyl (C=O) groups excluding carboxylic acids is 1. The van der Waals surface area contributed by atoms with E-state index in [-0.39, 0.29) is 16.8 Å². The zero-order valence-corrected chi connectivity index (χ0v) is 19.6. The topological polar surface area (TPSA) is 101 Å². The van der Waals surface area contributed by atoms with Crippen LogP contribution in [0.15, 0.2) is 74.8 Å². The van der Waals surface area contributed by atoms with Gasteiger partial charge in [0.2, 0.25) is 5.58 Å². The van der Waals surface area contributed by atoms with Gasteiger partial charge in [0.05, 0.1) is 7.11 Å². The molecule has 2 heterocycles. The number of pyridine rings is 1. The third-order valence-corrected chi connectivity index (χ3v) is 5.85. The van der Waals surface area contributed by atoms with Crippen LogP contribution in [0.1, 0.15) is 36.9 Å². The van der Waals surface area contributed by atoms with Gasteiger partial charge < -0.3 is 13.9 Å². The lowest BCUT2D eigenvalue weighted by Crippen LogP contribution is -2.40. The van der Waals surface area contributed by atoms with E-state index in [0.29, 0.717) is 15.7 Å². The Labute approximate surface area is 203 Å². The summed E-state index contributed by atoms with van der Waals surface area (Å²) >= 11 is 0. The maximum atomic E-state index is 13.5. The maximum absolute atomic E-state index is 13.5. The van der Waals surface area contributed by atoms with Gasteiger partial charge in [0.25, 0.3) is 5.56 Å². The maximum Gasteiger partial charge on any atom is 0.423 e. The molecule has 8 nitrogen and oxygen atoms in total. The lowest BCUT2D eigenvalue weighted by atomic mass is 9.87. The normalized spacial score (nSPS) is 12.9. The van der Waals surface area contributed by atoms with E-state index in [1.54, 1.807) is 31.2 Å². The number of hydrogen-bond donors (Lipinski definition) is 0. The molecular formula is C26H22F2N2O6. The lowest BCUT2D eigenvalue weighted by Gasteiger charge is -2.26. The summed E-state index contributed by atoms with van der Waals surface area (Å²) in [5.74, 6) is -3.28. The molecule has 0 aliphatic rings. The van der Waals surface area contributed by atoms with Gasteiger partial charge >= 0.3 is 11.7 Å². The monoisotopic (exact) mass is 496 g/mol. The van der Waals surface area contributed by atoms with Gasteiger partial charge in [-0.05, 0) is 49.2 Å². The van der Waals surface area contributed by atoms with Gasteiger partial charge in [0, 0.05) is 18.2 Å². The van der Waals surface area contributed by atoms with E-state index >= 15 is 0 Å². The Morgan fingerprint density at radius 3 is 2.03 bits per heavy atom. The molecule has 186 valence electrons. The summed E-state index contributed by atoms with van der Waals surface area (Å²) in [6, 6.07) is 11.3. The van der Waals surface area contributed by atoms with Gasteiger partial charge in [-0.2, -0.15) is 0 Å². The molecule has 2 atom stereocenters. The van der Waals surface area contributed by atoms with E-state index in [2.05, 4.69) is 4.98 Å². The zero-order chi connectivity index (χ0) is 26.0. The average Bonchev–Trinajstić information content (AvgIpc) is 2.86. The number of halogens is 2. The molecule has 2 aromatic carbocycles. The number of rotatable bonds is 7. The Kier molecular flexibility index (Phi) is 6.96. The fourth-order valence-corrected chi connectivity index (χ4v) is 4.04. The van der Waals surface area contributed by atoms with Crippen LogP contribution in [0.25, 0.3) is 11.1 Å². The number of methoxy groups -OCH3 is 1. The minimum Gasteiger partial charge on any atom is -0.493 e. The molecule has 10 heteroatoms. The van der Waals surface area contributed by atoms with Crippen LogP contribution in [0.2, 0.25) is 0 Å². The Morgan fingerprint density at radius 2 is 1.50 bits per heavy atom. The Bertz CT molecular complexity index is 1470. The predicted octanol–water partition coefficient (Wildman–Crippen LogP) is 3.96. The molecule has 0 N–H and O–H groups in total. The van der Waals surface area contributed by atoms with E-state index in [1.165, 1.54) is 50.6 Å². The van der Waals surface area contributed by atoms with Crippen molar-refractivity contribution in [3.8, 4) is 5.75 Å². The Hall–Kier alpha value is -4.34. The molecule has 0 unspecified atom stereocenters. The molecule has 4 aromatic rings. The summed E-state index contributed by atoms with van der Waals surface area (Å²) < 4.78 is 43.6. The van der Waals surface area contributed by atoms with Crippen molar-refractivity contribution >= 4 is 17.1 Å².